The molecule has 0 atom stereocenters. The fourth-order valence-corrected chi connectivity index (χ4v) is 3.35. The highest BCUT2D eigenvalue weighted by Gasteiger charge is 2.13. The van der Waals surface area contributed by atoms with E-state index in [-0.39, 0.29) is 5.91 Å². The van der Waals surface area contributed by atoms with E-state index in [4.69, 9.17) is 4.74 Å². The number of hydrogen-bond donors (Lipinski definition) is 1. The van der Waals surface area contributed by atoms with Crippen LogP contribution in [0.3, 0.4) is 0 Å². The van der Waals surface area contributed by atoms with Crippen LogP contribution >= 0.6 is 0 Å². The summed E-state index contributed by atoms with van der Waals surface area (Å²) in [5.74, 6) is 2.36. The Morgan fingerprint density at radius 2 is 2.03 bits per heavy atom. The Kier molecular flexibility index (Phi) is 5.87. The molecule has 154 valence electrons. The molecular formula is C24H20N4O3. The quantitative estimate of drug-likeness (QED) is 0.470. The van der Waals surface area contributed by atoms with E-state index in [2.05, 4.69) is 15.4 Å². The minimum atomic E-state index is -0.164. The monoisotopic (exact) mass is 412 g/mol. The van der Waals surface area contributed by atoms with Gasteiger partial charge in [0.25, 0.3) is 5.91 Å². The van der Waals surface area contributed by atoms with E-state index in [0.29, 0.717) is 18.7 Å². The van der Waals surface area contributed by atoms with E-state index < -0.39 is 0 Å². The normalized spacial score (nSPS) is 10.5. The number of ether oxygens (including phenoxy) is 1. The number of pyridine rings is 1. The SMILES string of the molecule is COc1cccc(CNC(=O)c2ccc(-c3nn(CC=C=O)c4ccncc34)cc2)c1. The van der Waals surface area contributed by atoms with E-state index in [9.17, 15) is 9.59 Å². The molecule has 7 heteroatoms. The Morgan fingerprint density at radius 1 is 1.19 bits per heavy atom. The van der Waals surface area contributed by atoms with Crippen molar-refractivity contribution in [3.8, 4) is 17.0 Å². The molecule has 0 fully saturated rings. The summed E-state index contributed by atoms with van der Waals surface area (Å²) in [5, 5.41) is 8.41. The smallest absolute Gasteiger partial charge is 0.251 e. The number of benzene rings is 2. The summed E-state index contributed by atoms with van der Waals surface area (Å²) in [5.41, 5.74) is 3.98. The number of aromatic nitrogens is 3. The maximum Gasteiger partial charge on any atom is 0.251 e. The molecule has 1 amide bonds. The summed E-state index contributed by atoms with van der Waals surface area (Å²) in [6.45, 7) is 0.734. The molecule has 2 aromatic heterocycles. The van der Waals surface area contributed by atoms with Crippen LogP contribution in [-0.4, -0.2) is 33.7 Å². The largest absolute Gasteiger partial charge is 0.497 e. The first kappa shape index (κ1) is 20.1. The third kappa shape index (κ3) is 4.37. The van der Waals surface area contributed by atoms with Crippen molar-refractivity contribution in [3.63, 3.8) is 0 Å². The van der Waals surface area contributed by atoms with Gasteiger partial charge < -0.3 is 10.1 Å². The second-order valence-electron chi connectivity index (χ2n) is 6.86. The molecule has 2 aromatic carbocycles. The van der Waals surface area contributed by atoms with Crippen LogP contribution in [0.4, 0.5) is 0 Å². The first-order valence-corrected chi connectivity index (χ1v) is 9.71. The molecule has 0 aliphatic rings. The third-order valence-corrected chi connectivity index (χ3v) is 4.91. The van der Waals surface area contributed by atoms with Gasteiger partial charge in [-0.2, -0.15) is 5.10 Å². The number of allylic oxidation sites excluding steroid dienone is 1. The maximum atomic E-state index is 12.5. The summed E-state index contributed by atoms with van der Waals surface area (Å²) < 4.78 is 6.94. The van der Waals surface area contributed by atoms with Crippen LogP contribution in [0.2, 0.25) is 0 Å². The van der Waals surface area contributed by atoms with Crippen LogP contribution in [0, 0.1) is 0 Å². The molecule has 4 aromatic rings. The molecule has 0 spiro atoms. The van der Waals surface area contributed by atoms with E-state index in [1.165, 1.54) is 6.08 Å². The van der Waals surface area contributed by atoms with Crippen molar-refractivity contribution in [2.45, 2.75) is 13.1 Å². The molecule has 4 rings (SSSR count). The fourth-order valence-electron chi connectivity index (χ4n) is 3.35. The van der Waals surface area contributed by atoms with Crippen LogP contribution in [0.25, 0.3) is 22.2 Å². The molecule has 0 unspecified atom stereocenters. The van der Waals surface area contributed by atoms with Gasteiger partial charge in [-0.1, -0.05) is 24.3 Å². The van der Waals surface area contributed by atoms with Gasteiger partial charge in [0.1, 0.15) is 17.4 Å². The number of methoxy groups -OCH3 is 1. The zero-order valence-corrected chi connectivity index (χ0v) is 16.9. The molecule has 1 N–H and O–H groups in total. The van der Waals surface area contributed by atoms with Gasteiger partial charge in [-0.15, -0.1) is 0 Å². The number of nitrogens with one attached hydrogen (secondary N) is 1. The molecule has 0 aliphatic carbocycles. The van der Waals surface area contributed by atoms with Crippen molar-refractivity contribution < 1.29 is 14.3 Å². The van der Waals surface area contributed by atoms with Gasteiger partial charge >= 0.3 is 0 Å². The number of carbonyl (C=O) groups excluding carboxylic acids is 2. The van der Waals surface area contributed by atoms with Gasteiger partial charge in [0, 0.05) is 41.5 Å². The molecule has 2 heterocycles. The minimum Gasteiger partial charge on any atom is -0.497 e. The molecule has 0 saturated carbocycles. The Hall–Kier alpha value is -4.22. The summed E-state index contributed by atoms with van der Waals surface area (Å²) in [4.78, 5) is 27.3. The Balaban J connectivity index is 1.53. The maximum absolute atomic E-state index is 12.5. The number of nitrogens with zero attached hydrogens (tertiary/aromatic N) is 3. The highest BCUT2D eigenvalue weighted by Crippen LogP contribution is 2.27. The predicted octanol–water partition coefficient (Wildman–Crippen LogP) is 3.42. The van der Waals surface area contributed by atoms with Gasteiger partial charge in [-0.25, -0.2) is 4.79 Å². The molecule has 31 heavy (non-hydrogen) atoms. The van der Waals surface area contributed by atoms with E-state index >= 15 is 0 Å². The van der Waals surface area contributed by atoms with E-state index in [0.717, 1.165) is 33.5 Å². The second kappa shape index (κ2) is 9.07. The van der Waals surface area contributed by atoms with Gasteiger partial charge in [0.15, 0.2) is 0 Å². The van der Waals surface area contributed by atoms with Crippen LogP contribution in [0.15, 0.2) is 73.1 Å². The zero-order chi connectivity index (χ0) is 21.6. The lowest BCUT2D eigenvalue weighted by molar-refractivity contribution is 0.0951. The molecule has 0 aliphatic heterocycles. The summed E-state index contributed by atoms with van der Waals surface area (Å²) >= 11 is 0. The van der Waals surface area contributed by atoms with Gasteiger partial charge in [0.2, 0.25) is 0 Å². The standard InChI is InChI=1S/C24H20N4O3/c1-31-20-5-2-4-17(14-20)15-26-24(30)19-8-6-18(7-9-19)23-21-16-25-11-10-22(21)28(27-23)12-3-13-29/h2-11,14,16H,12,15H2,1H3,(H,26,30). The van der Waals surface area contributed by atoms with Crippen molar-refractivity contribution in [3.05, 3.63) is 84.2 Å². The average molecular weight is 412 g/mol. The van der Waals surface area contributed by atoms with Gasteiger partial charge in [-0.3, -0.25) is 14.5 Å². The summed E-state index contributed by atoms with van der Waals surface area (Å²) in [6.07, 6.45) is 4.81. The first-order chi connectivity index (χ1) is 15.2. The van der Waals surface area contributed by atoms with Crippen molar-refractivity contribution in [2.75, 3.05) is 7.11 Å². The molecule has 0 saturated heterocycles. The van der Waals surface area contributed by atoms with Crippen LogP contribution in [0.1, 0.15) is 15.9 Å². The van der Waals surface area contributed by atoms with Crippen LogP contribution in [-0.2, 0) is 17.9 Å². The Morgan fingerprint density at radius 3 is 2.81 bits per heavy atom. The number of fused-ring (bicyclic) bond motifs is 1. The highest BCUT2D eigenvalue weighted by atomic mass is 16.5. The number of hydrogen-bond acceptors (Lipinski definition) is 5. The molecule has 7 nitrogen and oxygen atoms in total. The van der Waals surface area contributed by atoms with Gasteiger partial charge in [0.05, 0.1) is 19.2 Å². The number of rotatable bonds is 7. The van der Waals surface area contributed by atoms with Crippen molar-refractivity contribution in [2.24, 2.45) is 0 Å². The van der Waals surface area contributed by atoms with Crippen LogP contribution in [0.5, 0.6) is 5.75 Å². The molecule has 0 radical (unpaired) electrons. The Labute approximate surface area is 179 Å². The second-order valence-corrected chi connectivity index (χ2v) is 6.86. The minimum absolute atomic E-state index is 0.164. The third-order valence-electron chi connectivity index (χ3n) is 4.91. The van der Waals surface area contributed by atoms with Crippen molar-refractivity contribution >= 4 is 22.8 Å². The fraction of sp³-hybridized carbons (Fsp3) is 0.125. The van der Waals surface area contributed by atoms with E-state index in [1.54, 1.807) is 42.3 Å². The first-order valence-electron chi connectivity index (χ1n) is 9.71. The Bertz CT molecular complexity index is 1270. The van der Waals surface area contributed by atoms with Crippen LogP contribution < -0.4 is 10.1 Å². The van der Waals surface area contributed by atoms with Crippen molar-refractivity contribution in [1.29, 1.82) is 0 Å². The summed E-state index contributed by atoms with van der Waals surface area (Å²) in [6, 6.07) is 16.7. The van der Waals surface area contributed by atoms with Crippen molar-refractivity contribution in [1.82, 2.24) is 20.1 Å². The predicted molar refractivity (Wildman–Crippen MR) is 117 cm³/mol. The lowest BCUT2D eigenvalue weighted by Crippen LogP contribution is -2.22. The summed E-state index contributed by atoms with van der Waals surface area (Å²) in [7, 11) is 1.61. The highest BCUT2D eigenvalue weighted by molar-refractivity contribution is 5.96. The molecule has 0 bridgehead atoms. The topological polar surface area (TPSA) is 86.1 Å². The number of carbonyl (C=O) groups is 1. The average Bonchev–Trinajstić information content (AvgIpc) is 3.20. The molecular weight excluding hydrogens is 392 g/mol. The zero-order valence-electron chi connectivity index (χ0n) is 16.9. The lowest BCUT2D eigenvalue weighted by Gasteiger charge is -2.07. The van der Waals surface area contributed by atoms with Gasteiger partial charge in [-0.05, 0) is 35.9 Å². The lowest BCUT2D eigenvalue weighted by atomic mass is 10.1. The van der Waals surface area contributed by atoms with E-state index in [1.807, 2.05) is 42.5 Å². The number of amides is 1.